The van der Waals surface area contributed by atoms with E-state index in [0.717, 1.165) is 6.07 Å². The summed E-state index contributed by atoms with van der Waals surface area (Å²) in [7, 11) is 0. The summed E-state index contributed by atoms with van der Waals surface area (Å²) < 4.78 is 18.9. The average Bonchev–Trinajstić information content (AvgIpc) is 2.34. The van der Waals surface area contributed by atoms with Gasteiger partial charge in [-0.1, -0.05) is 11.6 Å². The van der Waals surface area contributed by atoms with E-state index in [2.05, 4.69) is 0 Å². The van der Waals surface area contributed by atoms with Gasteiger partial charge in [0, 0.05) is 10.6 Å². The summed E-state index contributed by atoms with van der Waals surface area (Å²) in [6.07, 6.45) is 0. The zero-order chi connectivity index (χ0) is 14.0. The van der Waals surface area contributed by atoms with Crippen LogP contribution >= 0.6 is 11.6 Å². The van der Waals surface area contributed by atoms with Crippen LogP contribution in [-0.4, -0.2) is 5.91 Å². The number of ether oxygens (including phenoxy) is 1. The highest BCUT2D eigenvalue weighted by molar-refractivity contribution is 6.30. The molecule has 0 bridgehead atoms. The molecule has 0 aliphatic rings. The van der Waals surface area contributed by atoms with E-state index in [9.17, 15) is 9.18 Å². The van der Waals surface area contributed by atoms with E-state index in [4.69, 9.17) is 27.8 Å². The van der Waals surface area contributed by atoms with Crippen LogP contribution in [0.2, 0.25) is 5.02 Å². The Labute approximate surface area is 113 Å². The number of nitrogens with two attached hydrogens (primary N) is 2. The minimum atomic E-state index is -0.606. The van der Waals surface area contributed by atoms with Crippen LogP contribution in [-0.2, 0) is 0 Å². The molecular formula is C13H10ClFN2O2. The Kier molecular flexibility index (Phi) is 3.57. The molecule has 2 rings (SSSR count). The number of anilines is 1. The largest absolute Gasteiger partial charge is 0.452 e. The molecular weight excluding hydrogens is 271 g/mol. The van der Waals surface area contributed by atoms with E-state index < -0.39 is 11.7 Å². The van der Waals surface area contributed by atoms with Crippen LogP contribution in [0.5, 0.6) is 11.5 Å². The lowest BCUT2D eigenvalue weighted by Gasteiger charge is -2.10. The van der Waals surface area contributed by atoms with Gasteiger partial charge in [-0.2, -0.15) is 0 Å². The number of hydrogen-bond acceptors (Lipinski definition) is 3. The summed E-state index contributed by atoms with van der Waals surface area (Å²) in [4.78, 5) is 11.0. The van der Waals surface area contributed by atoms with Gasteiger partial charge in [-0.05, 0) is 36.4 Å². The quantitative estimate of drug-likeness (QED) is 0.849. The maximum absolute atomic E-state index is 13.6. The SMILES string of the molecule is NC(=O)c1ccc(Oc2ccc(Cl)cc2F)c(N)c1. The molecule has 19 heavy (non-hydrogen) atoms. The molecule has 4 N–H and O–H groups in total. The van der Waals surface area contributed by atoms with E-state index >= 15 is 0 Å². The van der Waals surface area contributed by atoms with Crippen molar-refractivity contribution in [2.75, 3.05) is 5.73 Å². The van der Waals surface area contributed by atoms with Crippen molar-refractivity contribution in [3.63, 3.8) is 0 Å². The number of amides is 1. The Bertz CT molecular complexity index is 647. The lowest BCUT2D eigenvalue weighted by atomic mass is 10.2. The molecule has 0 heterocycles. The van der Waals surface area contributed by atoms with E-state index in [0.29, 0.717) is 0 Å². The van der Waals surface area contributed by atoms with Crippen LogP contribution in [0, 0.1) is 5.82 Å². The third kappa shape index (κ3) is 2.95. The van der Waals surface area contributed by atoms with Gasteiger partial charge in [0.15, 0.2) is 17.3 Å². The minimum absolute atomic E-state index is 0.0112. The van der Waals surface area contributed by atoms with Crippen molar-refractivity contribution in [2.24, 2.45) is 5.73 Å². The zero-order valence-electron chi connectivity index (χ0n) is 9.69. The second kappa shape index (κ2) is 5.16. The Hall–Kier alpha value is -2.27. The molecule has 0 radical (unpaired) electrons. The molecule has 0 saturated carbocycles. The molecule has 0 aliphatic heterocycles. The van der Waals surface area contributed by atoms with Crippen LogP contribution in [0.25, 0.3) is 0 Å². The third-order valence-corrected chi connectivity index (χ3v) is 2.64. The summed E-state index contributed by atoms with van der Waals surface area (Å²) in [5, 5.41) is 0.266. The van der Waals surface area contributed by atoms with Gasteiger partial charge in [-0.3, -0.25) is 4.79 Å². The van der Waals surface area contributed by atoms with Gasteiger partial charge in [0.25, 0.3) is 0 Å². The molecule has 4 nitrogen and oxygen atoms in total. The smallest absolute Gasteiger partial charge is 0.248 e. The molecule has 2 aromatic carbocycles. The number of carbonyl (C=O) groups is 1. The van der Waals surface area contributed by atoms with Crippen molar-refractivity contribution in [1.29, 1.82) is 0 Å². The highest BCUT2D eigenvalue weighted by Crippen LogP contribution is 2.30. The lowest BCUT2D eigenvalue weighted by molar-refractivity contribution is 0.100. The minimum Gasteiger partial charge on any atom is -0.452 e. The fourth-order valence-corrected chi connectivity index (χ4v) is 1.63. The van der Waals surface area contributed by atoms with Crippen LogP contribution in [0.3, 0.4) is 0 Å². The Morgan fingerprint density at radius 3 is 2.42 bits per heavy atom. The van der Waals surface area contributed by atoms with Gasteiger partial charge in [-0.25, -0.2) is 4.39 Å². The predicted octanol–water partition coefficient (Wildman–Crippen LogP) is 2.95. The summed E-state index contributed by atoms with van der Waals surface area (Å²) in [5.41, 5.74) is 11.3. The second-order valence-corrected chi connectivity index (χ2v) is 4.23. The van der Waals surface area contributed by atoms with Crippen molar-refractivity contribution >= 4 is 23.2 Å². The average molecular weight is 281 g/mol. The summed E-state index contributed by atoms with van der Waals surface area (Å²) in [6.45, 7) is 0. The number of benzene rings is 2. The number of halogens is 2. The van der Waals surface area contributed by atoms with Gasteiger partial charge >= 0.3 is 0 Å². The fraction of sp³-hybridized carbons (Fsp3) is 0. The standard InChI is InChI=1S/C13H10ClFN2O2/c14-8-2-4-11(9(15)6-8)19-12-3-1-7(13(17)18)5-10(12)16/h1-6H,16H2,(H2,17,18). The van der Waals surface area contributed by atoms with Crippen molar-refractivity contribution in [3.05, 3.63) is 52.8 Å². The lowest BCUT2D eigenvalue weighted by Crippen LogP contribution is -2.11. The summed E-state index contributed by atoms with van der Waals surface area (Å²) >= 11 is 5.64. The van der Waals surface area contributed by atoms with E-state index in [1.165, 1.54) is 30.3 Å². The number of nitrogen functional groups attached to an aromatic ring is 1. The molecule has 0 aliphatic carbocycles. The Balaban J connectivity index is 2.31. The second-order valence-electron chi connectivity index (χ2n) is 3.79. The number of primary amides is 1. The molecule has 2 aromatic rings. The summed E-state index contributed by atoms with van der Waals surface area (Å²) in [5.74, 6) is -0.990. The first kappa shape index (κ1) is 13.2. The first-order valence-corrected chi connectivity index (χ1v) is 5.67. The number of hydrogen-bond donors (Lipinski definition) is 2. The van der Waals surface area contributed by atoms with Crippen molar-refractivity contribution in [3.8, 4) is 11.5 Å². The van der Waals surface area contributed by atoms with Gasteiger partial charge in [-0.15, -0.1) is 0 Å². The van der Waals surface area contributed by atoms with Crippen molar-refractivity contribution in [1.82, 2.24) is 0 Å². The number of rotatable bonds is 3. The van der Waals surface area contributed by atoms with Crippen LogP contribution < -0.4 is 16.2 Å². The van der Waals surface area contributed by atoms with Crippen LogP contribution in [0.4, 0.5) is 10.1 Å². The first-order valence-electron chi connectivity index (χ1n) is 5.29. The zero-order valence-corrected chi connectivity index (χ0v) is 10.4. The van der Waals surface area contributed by atoms with Crippen molar-refractivity contribution < 1.29 is 13.9 Å². The van der Waals surface area contributed by atoms with Gasteiger partial charge in [0.05, 0.1) is 5.69 Å². The molecule has 0 atom stereocenters. The molecule has 1 amide bonds. The number of carbonyl (C=O) groups excluding carboxylic acids is 1. The Morgan fingerprint density at radius 1 is 1.16 bits per heavy atom. The van der Waals surface area contributed by atoms with Crippen LogP contribution in [0.15, 0.2) is 36.4 Å². The van der Waals surface area contributed by atoms with Crippen LogP contribution in [0.1, 0.15) is 10.4 Å². The molecule has 98 valence electrons. The molecule has 6 heteroatoms. The van der Waals surface area contributed by atoms with E-state index in [-0.39, 0.29) is 27.8 Å². The first-order chi connectivity index (χ1) is 8.97. The molecule has 0 fully saturated rings. The highest BCUT2D eigenvalue weighted by atomic mass is 35.5. The van der Waals surface area contributed by atoms with E-state index in [1.807, 2.05) is 0 Å². The van der Waals surface area contributed by atoms with Gasteiger partial charge in [0.1, 0.15) is 0 Å². The van der Waals surface area contributed by atoms with E-state index in [1.54, 1.807) is 0 Å². The topological polar surface area (TPSA) is 78.3 Å². The van der Waals surface area contributed by atoms with Gasteiger partial charge < -0.3 is 16.2 Å². The molecule has 0 unspecified atom stereocenters. The van der Waals surface area contributed by atoms with Gasteiger partial charge in [0.2, 0.25) is 5.91 Å². The fourth-order valence-electron chi connectivity index (χ4n) is 1.47. The highest BCUT2D eigenvalue weighted by Gasteiger charge is 2.10. The maximum atomic E-state index is 13.6. The normalized spacial score (nSPS) is 10.2. The third-order valence-electron chi connectivity index (χ3n) is 2.41. The maximum Gasteiger partial charge on any atom is 0.248 e. The Morgan fingerprint density at radius 2 is 1.84 bits per heavy atom. The summed E-state index contributed by atoms with van der Waals surface area (Å²) in [6, 6.07) is 8.27. The van der Waals surface area contributed by atoms with Crippen molar-refractivity contribution in [2.45, 2.75) is 0 Å². The molecule has 0 saturated heterocycles. The molecule has 0 spiro atoms. The monoisotopic (exact) mass is 280 g/mol. The predicted molar refractivity (Wildman–Crippen MR) is 70.9 cm³/mol. The molecule has 0 aromatic heterocycles.